The number of benzene rings is 1. The van der Waals surface area contributed by atoms with Crippen LogP contribution < -0.4 is 4.74 Å². The van der Waals surface area contributed by atoms with Gasteiger partial charge in [0, 0.05) is 10.9 Å². The number of rotatable bonds is 2. The molecule has 1 aromatic carbocycles. The molecule has 0 N–H and O–H groups in total. The van der Waals surface area contributed by atoms with E-state index < -0.39 is 6.36 Å². The van der Waals surface area contributed by atoms with Crippen LogP contribution in [-0.4, -0.2) is 6.36 Å². The maximum atomic E-state index is 11.9. The van der Waals surface area contributed by atoms with Gasteiger partial charge in [-0.05, 0) is 13.0 Å². The van der Waals surface area contributed by atoms with Crippen LogP contribution in [0.4, 0.5) is 13.2 Å². The Kier molecular flexibility index (Phi) is 3.42. The summed E-state index contributed by atoms with van der Waals surface area (Å²) in [6.45, 7) is 1.81. The standard InChI is InChI=1S/C9H8BrF3O/c1-6-2-3-8(7(4-6)5-10)14-9(11,12)13/h2-4H,5H2,1H3. The van der Waals surface area contributed by atoms with Gasteiger partial charge in [-0.25, -0.2) is 0 Å². The van der Waals surface area contributed by atoms with Crippen LogP contribution in [0.15, 0.2) is 18.2 Å². The van der Waals surface area contributed by atoms with Crippen LogP contribution in [0.5, 0.6) is 5.75 Å². The van der Waals surface area contributed by atoms with Crippen molar-refractivity contribution >= 4 is 15.9 Å². The molecular weight excluding hydrogens is 261 g/mol. The van der Waals surface area contributed by atoms with Crippen molar-refractivity contribution in [1.29, 1.82) is 0 Å². The van der Waals surface area contributed by atoms with Gasteiger partial charge in [0.1, 0.15) is 5.75 Å². The minimum Gasteiger partial charge on any atom is -0.405 e. The number of hydrogen-bond acceptors (Lipinski definition) is 1. The molecule has 0 saturated heterocycles. The fourth-order valence-electron chi connectivity index (χ4n) is 1.04. The molecule has 0 unspecified atom stereocenters. The number of halogens is 4. The summed E-state index contributed by atoms with van der Waals surface area (Å²) in [6, 6.07) is 4.54. The summed E-state index contributed by atoms with van der Waals surface area (Å²) in [5.74, 6) is -0.153. The van der Waals surface area contributed by atoms with Gasteiger partial charge in [0.25, 0.3) is 0 Å². The van der Waals surface area contributed by atoms with E-state index >= 15 is 0 Å². The van der Waals surface area contributed by atoms with Crippen molar-refractivity contribution in [3.05, 3.63) is 29.3 Å². The van der Waals surface area contributed by atoms with Crippen LogP contribution in [-0.2, 0) is 5.33 Å². The van der Waals surface area contributed by atoms with E-state index in [9.17, 15) is 13.2 Å². The Morgan fingerprint density at radius 2 is 2.00 bits per heavy atom. The minimum atomic E-state index is -4.63. The topological polar surface area (TPSA) is 9.23 Å². The van der Waals surface area contributed by atoms with Crippen LogP contribution >= 0.6 is 15.9 Å². The molecule has 0 bridgehead atoms. The zero-order valence-electron chi connectivity index (χ0n) is 7.36. The Morgan fingerprint density at radius 3 is 2.50 bits per heavy atom. The fourth-order valence-corrected chi connectivity index (χ4v) is 1.48. The second-order valence-electron chi connectivity index (χ2n) is 2.79. The molecule has 0 saturated carbocycles. The third-order valence-electron chi connectivity index (χ3n) is 1.59. The summed E-state index contributed by atoms with van der Waals surface area (Å²) in [7, 11) is 0. The van der Waals surface area contributed by atoms with Crippen LogP contribution in [0, 0.1) is 6.92 Å². The van der Waals surface area contributed by atoms with Crippen molar-refractivity contribution in [3.63, 3.8) is 0 Å². The first-order valence-electron chi connectivity index (χ1n) is 3.83. The van der Waals surface area contributed by atoms with Gasteiger partial charge in [-0.3, -0.25) is 0 Å². The molecular formula is C9H8BrF3O. The Labute approximate surface area is 88.0 Å². The quantitative estimate of drug-likeness (QED) is 0.742. The van der Waals surface area contributed by atoms with Gasteiger partial charge in [-0.15, -0.1) is 13.2 Å². The monoisotopic (exact) mass is 268 g/mol. The molecule has 78 valence electrons. The van der Waals surface area contributed by atoms with Crippen molar-refractivity contribution in [2.45, 2.75) is 18.6 Å². The van der Waals surface area contributed by atoms with Gasteiger partial charge in [-0.2, -0.15) is 0 Å². The summed E-state index contributed by atoms with van der Waals surface area (Å²) in [6.07, 6.45) is -4.63. The number of hydrogen-bond donors (Lipinski definition) is 0. The first-order valence-corrected chi connectivity index (χ1v) is 4.96. The lowest BCUT2D eigenvalue weighted by Crippen LogP contribution is -2.18. The zero-order chi connectivity index (χ0) is 10.8. The fraction of sp³-hybridized carbons (Fsp3) is 0.333. The highest BCUT2D eigenvalue weighted by Gasteiger charge is 2.31. The molecule has 14 heavy (non-hydrogen) atoms. The second-order valence-corrected chi connectivity index (χ2v) is 3.35. The van der Waals surface area contributed by atoms with E-state index in [-0.39, 0.29) is 5.75 Å². The summed E-state index contributed by atoms with van der Waals surface area (Å²) < 4.78 is 39.6. The van der Waals surface area contributed by atoms with Gasteiger partial charge in [-0.1, -0.05) is 33.6 Å². The average Bonchev–Trinajstić information content (AvgIpc) is 2.06. The first kappa shape index (κ1) is 11.4. The molecule has 0 aromatic heterocycles. The molecule has 0 fully saturated rings. The van der Waals surface area contributed by atoms with E-state index in [4.69, 9.17) is 0 Å². The lowest BCUT2D eigenvalue weighted by molar-refractivity contribution is -0.274. The molecule has 5 heteroatoms. The Balaban J connectivity index is 2.97. The molecule has 0 radical (unpaired) electrons. The van der Waals surface area contributed by atoms with Crippen LogP contribution in [0.3, 0.4) is 0 Å². The molecule has 1 rings (SSSR count). The van der Waals surface area contributed by atoms with Crippen molar-refractivity contribution in [1.82, 2.24) is 0 Å². The molecule has 0 aliphatic carbocycles. The molecule has 0 amide bonds. The SMILES string of the molecule is Cc1ccc(OC(F)(F)F)c(CBr)c1. The summed E-state index contributed by atoms with van der Waals surface area (Å²) in [4.78, 5) is 0. The van der Waals surface area contributed by atoms with Crippen LogP contribution in [0.2, 0.25) is 0 Å². The third-order valence-corrected chi connectivity index (χ3v) is 2.19. The third kappa shape index (κ3) is 3.21. The Morgan fingerprint density at radius 1 is 1.36 bits per heavy atom. The van der Waals surface area contributed by atoms with Crippen molar-refractivity contribution in [3.8, 4) is 5.75 Å². The molecule has 1 nitrogen and oxygen atoms in total. The Bertz CT molecular complexity index is 322. The average molecular weight is 269 g/mol. The van der Waals surface area contributed by atoms with Crippen molar-refractivity contribution in [2.75, 3.05) is 0 Å². The van der Waals surface area contributed by atoms with Gasteiger partial charge >= 0.3 is 6.36 Å². The van der Waals surface area contributed by atoms with E-state index in [1.165, 1.54) is 6.07 Å². The first-order chi connectivity index (χ1) is 6.42. The van der Waals surface area contributed by atoms with E-state index in [1.54, 1.807) is 12.1 Å². The predicted octanol–water partition coefficient (Wildman–Crippen LogP) is 3.79. The van der Waals surface area contributed by atoms with Crippen LogP contribution in [0.1, 0.15) is 11.1 Å². The largest absolute Gasteiger partial charge is 0.573 e. The zero-order valence-corrected chi connectivity index (χ0v) is 8.95. The summed E-state index contributed by atoms with van der Waals surface area (Å²) in [5.41, 5.74) is 1.39. The highest BCUT2D eigenvalue weighted by Crippen LogP contribution is 2.28. The van der Waals surface area contributed by atoms with E-state index in [0.717, 1.165) is 5.56 Å². The lowest BCUT2D eigenvalue weighted by Gasteiger charge is -2.12. The van der Waals surface area contributed by atoms with Gasteiger partial charge in [0.2, 0.25) is 0 Å². The van der Waals surface area contributed by atoms with E-state index in [0.29, 0.717) is 10.9 Å². The van der Waals surface area contributed by atoms with Crippen LogP contribution in [0.25, 0.3) is 0 Å². The van der Waals surface area contributed by atoms with Crippen molar-refractivity contribution < 1.29 is 17.9 Å². The smallest absolute Gasteiger partial charge is 0.405 e. The normalized spacial score (nSPS) is 11.5. The molecule has 0 spiro atoms. The molecule has 0 aliphatic rings. The predicted molar refractivity (Wildman–Crippen MR) is 50.5 cm³/mol. The summed E-state index contributed by atoms with van der Waals surface area (Å²) in [5, 5.41) is 0.333. The molecule has 0 aliphatic heterocycles. The number of aryl methyl sites for hydroxylation is 1. The number of alkyl halides is 4. The van der Waals surface area contributed by atoms with Gasteiger partial charge in [0.15, 0.2) is 0 Å². The van der Waals surface area contributed by atoms with E-state index in [2.05, 4.69) is 20.7 Å². The Hall–Kier alpha value is -0.710. The second kappa shape index (κ2) is 4.21. The van der Waals surface area contributed by atoms with E-state index in [1.807, 2.05) is 6.92 Å². The van der Waals surface area contributed by atoms with Gasteiger partial charge < -0.3 is 4.74 Å². The number of ether oxygens (including phenoxy) is 1. The highest BCUT2D eigenvalue weighted by molar-refractivity contribution is 9.08. The summed E-state index contributed by atoms with van der Waals surface area (Å²) >= 11 is 3.10. The lowest BCUT2D eigenvalue weighted by atomic mass is 10.1. The maximum Gasteiger partial charge on any atom is 0.573 e. The highest BCUT2D eigenvalue weighted by atomic mass is 79.9. The molecule has 0 heterocycles. The van der Waals surface area contributed by atoms with Crippen molar-refractivity contribution in [2.24, 2.45) is 0 Å². The minimum absolute atomic E-state index is 0.153. The molecule has 0 atom stereocenters. The maximum absolute atomic E-state index is 11.9. The van der Waals surface area contributed by atoms with Gasteiger partial charge in [0.05, 0.1) is 0 Å². The molecule has 1 aromatic rings.